The third kappa shape index (κ3) is 3.26. The minimum atomic E-state index is 0.599. The molecule has 3 heterocycles. The molecule has 0 aliphatic carbocycles. The molecule has 0 bridgehead atoms. The molecule has 0 amide bonds. The maximum atomic E-state index is 5.37. The van der Waals surface area contributed by atoms with Crippen LogP contribution in [0.2, 0.25) is 0 Å². The number of nitrogens with zero attached hydrogens (tertiary/aromatic N) is 3. The Kier molecular flexibility index (Phi) is 4.44. The first-order valence-corrected chi connectivity index (χ1v) is 7.98. The Bertz CT molecular complexity index is 517. The monoisotopic (exact) mass is 292 g/mol. The summed E-state index contributed by atoms with van der Waals surface area (Å²) in [6.45, 7) is 2.95. The first-order valence-electron chi connectivity index (χ1n) is 7.10. The number of rotatable bonds is 4. The highest BCUT2D eigenvalue weighted by molar-refractivity contribution is 7.13. The van der Waals surface area contributed by atoms with Crippen LogP contribution in [0.4, 0.5) is 0 Å². The highest BCUT2D eigenvalue weighted by Gasteiger charge is 2.19. The van der Waals surface area contributed by atoms with Crippen molar-refractivity contribution in [3.8, 4) is 10.7 Å². The number of hydrogen-bond acceptors (Lipinski definition) is 6. The van der Waals surface area contributed by atoms with Crippen LogP contribution in [-0.4, -0.2) is 41.2 Å². The molecule has 0 saturated carbocycles. The van der Waals surface area contributed by atoms with E-state index in [2.05, 4.69) is 27.4 Å². The van der Waals surface area contributed by atoms with E-state index < -0.39 is 0 Å². The molecule has 108 valence electrons. The largest absolute Gasteiger partial charge is 0.338 e. The molecule has 6 heteroatoms. The zero-order valence-corrected chi connectivity index (χ0v) is 12.5. The van der Waals surface area contributed by atoms with Crippen LogP contribution in [0.5, 0.6) is 0 Å². The lowest BCUT2D eigenvalue weighted by molar-refractivity contribution is 0.190. The Hall–Kier alpha value is -1.24. The van der Waals surface area contributed by atoms with Crippen LogP contribution in [-0.2, 0) is 6.54 Å². The van der Waals surface area contributed by atoms with E-state index in [-0.39, 0.29) is 0 Å². The summed E-state index contributed by atoms with van der Waals surface area (Å²) in [4.78, 5) is 7.88. The molecule has 1 saturated heterocycles. The Morgan fingerprint density at radius 2 is 2.40 bits per heavy atom. The lowest BCUT2D eigenvalue weighted by atomic mass is 10.1. The zero-order valence-electron chi connectivity index (χ0n) is 11.7. The Balaban J connectivity index is 1.62. The third-order valence-electron chi connectivity index (χ3n) is 3.76. The van der Waals surface area contributed by atoms with Gasteiger partial charge in [-0.25, -0.2) is 0 Å². The van der Waals surface area contributed by atoms with Gasteiger partial charge >= 0.3 is 0 Å². The number of nitrogens with one attached hydrogen (secondary N) is 1. The van der Waals surface area contributed by atoms with Crippen molar-refractivity contribution < 1.29 is 4.52 Å². The smallest absolute Gasteiger partial charge is 0.241 e. The van der Waals surface area contributed by atoms with Gasteiger partial charge in [0, 0.05) is 6.04 Å². The lowest BCUT2D eigenvalue weighted by Crippen LogP contribution is -2.32. The van der Waals surface area contributed by atoms with E-state index in [4.69, 9.17) is 4.52 Å². The third-order valence-corrected chi connectivity index (χ3v) is 4.63. The lowest BCUT2D eigenvalue weighted by Gasteiger charge is -2.25. The Morgan fingerprint density at radius 1 is 1.45 bits per heavy atom. The second-order valence-corrected chi connectivity index (χ2v) is 6.19. The van der Waals surface area contributed by atoms with E-state index in [0.717, 1.165) is 24.5 Å². The van der Waals surface area contributed by atoms with E-state index in [1.54, 1.807) is 11.3 Å². The van der Waals surface area contributed by atoms with E-state index in [1.165, 1.54) is 19.3 Å². The number of aromatic nitrogens is 2. The molecular weight excluding hydrogens is 272 g/mol. The summed E-state index contributed by atoms with van der Waals surface area (Å²) in [6, 6.07) is 4.61. The van der Waals surface area contributed by atoms with Gasteiger partial charge in [0.1, 0.15) is 0 Å². The fourth-order valence-corrected chi connectivity index (χ4v) is 3.26. The Labute approximate surface area is 123 Å². The van der Waals surface area contributed by atoms with Crippen LogP contribution in [0.15, 0.2) is 22.0 Å². The Morgan fingerprint density at radius 3 is 3.25 bits per heavy atom. The van der Waals surface area contributed by atoms with E-state index >= 15 is 0 Å². The van der Waals surface area contributed by atoms with Crippen molar-refractivity contribution in [3.63, 3.8) is 0 Å². The van der Waals surface area contributed by atoms with Crippen LogP contribution in [0.25, 0.3) is 10.7 Å². The van der Waals surface area contributed by atoms with Gasteiger partial charge in [0.25, 0.3) is 0 Å². The molecule has 5 nitrogen and oxygen atoms in total. The van der Waals surface area contributed by atoms with Crippen LogP contribution >= 0.6 is 11.3 Å². The second kappa shape index (κ2) is 6.47. The van der Waals surface area contributed by atoms with Gasteiger partial charge in [-0.05, 0) is 50.8 Å². The quantitative estimate of drug-likeness (QED) is 0.937. The molecule has 1 aliphatic rings. The van der Waals surface area contributed by atoms with Gasteiger partial charge < -0.3 is 9.84 Å². The van der Waals surface area contributed by atoms with Crippen LogP contribution in [0.1, 0.15) is 25.2 Å². The van der Waals surface area contributed by atoms with Crippen molar-refractivity contribution in [3.05, 3.63) is 23.4 Å². The van der Waals surface area contributed by atoms with Crippen LogP contribution in [0.3, 0.4) is 0 Å². The highest BCUT2D eigenvalue weighted by Crippen LogP contribution is 2.22. The fraction of sp³-hybridized carbons (Fsp3) is 0.571. The molecule has 1 fully saturated rings. The molecule has 1 atom stereocenters. The zero-order chi connectivity index (χ0) is 13.8. The van der Waals surface area contributed by atoms with Crippen molar-refractivity contribution >= 4 is 11.3 Å². The van der Waals surface area contributed by atoms with Crippen molar-refractivity contribution in [1.82, 2.24) is 20.4 Å². The van der Waals surface area contributed by atoms with Crippen LogP contribution in [0, 0.1) is 0 Å². The highest BCUT2D eigenvalue weighted by atomic mass is 32.1. The van der Waals surface area contributed by atoms with Gasteiger partial charge in [-0.2, -0.15) is 4.98 Å². The maximum absolute atomic E-state index is 5.37. The minimum Gasteiger partial charge on any atom is -0.338 e. The first kappa shape index (κ1) is 13.7. The van der Waals surface area contributed by atoms with Gasteiger partial charge in [-0.15, -0.1) is 11.3 Å². The predicted octanol–water partition coefficient (Wildman–Crippen LogP) is 2.37. The van der Waals surface area contributed by atoms with Crippen LogP contribution < -0.4 is 5.32 Å². The second-order valence-electron chi connectivity index (χ2n) is 5.24. The normalized spacial score (nSPS) is 20.2. The number of hydrogen-bond donors (Lipinski definition) is 1. The summed E-state index contributed by atoms with van der Waals surface area (Å²) in [5, 5.41) is 9.53. The minimum absolute atomic E-state index is 0.599. The molecule has 1 aliphatic heterocycles. The average Bonchev–Trinajstić information content (AvgIpc) is 3.05. The van der Waals surface area contributed by atoms with E-state index in [0.29, 0.717) is 17.8 Å². The average molecular weight is 292 g/mol. The van der Waals surface area contributed by atoms with Crippen molar-refractivity contribution in [1.29, 1.82) is 0 Å². The molecule has 0 spiro atoms. The molecule has 3 rings (SSSR count). The molecule has 2 aromatic heterocycles. The summed E-state index contributed by atoms with van der Waals surface area (Å²) < 4.78 is 5.37. The molecule has 20 heavy (non-hydrogen) atoms. The topological polar surface area (TPSA) is 54.2 Å². The van der Waals surface area contributed by atoms with Crippen molar-refractivity contribution in [2.45, 2.75) is 31.8 Å². The molecule has 1 unspecified atom stereocenters. The first-order chi connectivity index (χ1) is 9.83. The summed E-state index contributed by atoms with van der Waals surface area (Å²) in [5.74, 6) is 1.40. The van der Waals surface area contributed by atoms with Crippen molar-refractivity contribution in [2.24, 2.45) is 0 Å². The molecular formula is C14H20N4OS. The molecule has 0 radical (unpaired) electrons. The molecule has 2 aromatic rings. The molecule has 0 aromatic carbocycles. The van der Waals surface area contributed by atoms with Gasteiger partial charge in [-0.3, -0.25) is 4.90 Å². The summed E-state index contributed by atoms with van der Waals surface area (Å²) in [5.41, 5.74) is 0. The van der Waals surface area contributed by atoms with E-state index in [9.17, 15) is 0 Å². The number of thiophene rings is 1. The fourth-order valence-electron chi connectivity index (χ4n) is 2.61. The van der Waals surface area contributed by atoms with Gasteiger partial charge in [0.15, 0.2) is 0 Å². The summed E-state index contributed by atoms with van der Waals surface area (Å²) in [7, 11) is 2.14. The van der Waals surface area contributed by atoms with Crippen molar-refractivity contribution in [2.75, 3.05) is 20.1 Å². The summed E-state index contributed by atoms with van der Waals surface area (Å²) in [6.07, 6.45) is 3.65. The van der Waals surface area contributed by atoms with Gasteiger partial charge in [0.2, 0.25) is 11.7 Å². The van der Waals surface area contributed by atoms with Gasteiger partial charge in [0.05, 0.1) is 11.4 Å². The predicted molar refractivity (Wildman–Crippen MR) is 79.6 cm³/mol. The standard InChI is InChI=1S/C14H20N4OS/c1-18(11-4-2-7-15-8-6-11)10-13-16-14(17-19-13)12-5-3-9-20-12/h3,5,9,11,15H,2,4,6-8,10H2,1H3. The maximum Gasteiger partial charge on any atom is 0.241 e. The van der Waals surface area contributed by atoms with Gasteiger partial charge in [-0.1, -0.05) is 11.2 Å². The molecule has 1 N–H and O–H groups in total. The SMILES string of the molecule is CN(Cc1nc(-c2cccs2)no1)C1CCCNCC1. The van der Waals surface area contributed by atoms with E-state index in [1.807, 2.05) is 17.5 Å². The summed E-state index contributed by atoms with van der Waals surface area (Å²) >= 11 is 1.63.